The van der Waals surface area contributed by atoms with Crippen LogP contribution in [0.3, 0.4) is 0 Å². The molecular formula is C14H11F4N5. The molecule has 0 amide bonds. The van der Waals surface area contributed by atoms with Crippen LogP contribution in [0.4, 0.5) is 23.5 Å². The minimum Gasteiger partial charge on any atom is -0.367 e. The first kappa shape index (κ1) is 15.2. The summed E-state index contributed by atoms with van der Waals surface area (Å²) in [6.07, 6.45) is -0.983. The average molecular weight is 325 g/mol. The van der Waals surface area contributed by atoms with Crippen LogP contribution in [0.25, 0.3) is 16.9 Å². The van der Waals surface area contributed by atoms with Gasteiger partial charge in [0.1, 0.15) is 5.52 Å². The Bertz CT molecular complexity index is 857. The molecule has 0 aromatic carbocycles. The van der Waals surface area contributed by atoms with E-state index in [9.17, 15) is 17.6 Å². The first-order chi connectivity index (χ1) is 10.8. The lowest BCUT2D eigenvalue weighted by Crippen LogP contribution is -2.25. The fraction of sp³-hybridized carbons (Fsp3) is 0.214. The molecule has 0 aliphatic rings. The molecule has 9 heteroatoms. The summed E-state index contributed by atoms with van der Waals surface area (Å²) in [5, 5.41) is 3.88. The standard InChI is InChI=1S/C14H11F4N5/c1-14(18,12(16)17)7-2-3-9(20-5-7)10-4-8(15)11-6-21-13(19)22-23(10)11/h2-6,12H,1H3,(H2,19,22). The number of halogens is 4. The van der Waals surface area contributed by atoms with Crippen molar-refractivity contribution < 1.29 is 17.6 Å². The van der Waals surface area contributed by atoms with Crippen LogP contribution < -0.4 is 5.73 Å². The SMILES string of the molecule is CC(F)(c1ccc(-c2cc(F)c3cnc(N)nn23)nc1)C(F)F. The van der Waals surface area contributed by atoms with E-state index >= 15 is 0 Å². The number of hydrogen-bond donors (Lipinski definition) is 1. The van der Waals surface area contributed by atoms with Crippen molar-refractivity contribution in [2.24, 2.45) is 0 Å². The minimum absolute atomic E-state index is 0.0694. The Hall–Kier alpha value is -2.71. The molecule has 0 saturated heterocycles. The van der Waals surface area contributed by atoms with Crippen LogP contribution in [-0.2, 0) is 5.67 Å². The maximum Gasteiger partial charge on any atom is 0.276 e. The van der Waals surface area contributed by atoms with Crippen molar-refractivity contribution in [3.8, 4) is 11.4 Å². The lowest BCUT2D eigenvalue weighted by atomic mass is 10.00. The van der Waals surface area contributed by atoms with Crippen LogP contribution in [0.1, 0.15) is 12.5 Å². The normalized spacial score (nSPS) is 14.3. The van der Waals surface area contributed by atoms with Gasteiger partial charge in [0.2, 0.25) is 5.95 Å². The van der Waals surface area contributed by atoms with Crippen LogP contribution in [0.2, 0.25) is 0 Å². The number of aromatic nitrogens is 4. The molecular weight excluding hydrogens is 314 g/mol. The molecule has 0 aliphatic heterocycles. The van der Waals surface area contributed by atoms with Gasteiger partial charge in [0.05, 0.1) is 17.6 Å². The first-order valence-corrected chi connectivity index (χ1v) is 6.54. The van der Waals surface area contributed by atoms with Crippen molar-refractivity contribution >= 4 is 11.5 Å². The number of rotatable bonds is 3. The van der Waals surface area contributed by atoms with E-state index in [4.69, 9.17) is 5.73 Å². The maximum absolute atomic E-state index is 13.9. The number of fused-ring (bicyclic) bond motifs is 1. The van der Waals surface area contributed by atoms with Crippen molar-refractivity contribution in [3.63, 3.8) is 0 Å². The predicted octanol–water partition coefficient (Wildman–Crippen LogP) is 2.96. The van der Waals surface area contributed by atoms with Crippen molar-refractivity contribution in [2.75, 3.05) is 5.73 Å². The summed E-state index contributed by atoms with van der Waals surface area (Å²) in [7, 11) is 0. The van der Waals surface area contributed by atoms with E-state index in [1.807, 2.05) is 0 Å². The van der Waals surface area contributed by atoms with E-state index in [0.29, 0.717) is 0 Å². The Morgan fingerprint density at radius 3 is 2.57 bits per heavy atom. The molecule has 1 unspecified atom stereocenters. The fourth-order valence-electron chi connectivity index (χ4n) is 2.11. The second kappa shape index (κ2) is 5.18. The zero-order valence-corrected chi connectivity index (χ0v) is 11.8. The average Bonchev–Trinajstić information content (AvgIpc) is 2.83. The second-order valence-electron chi connectivity index (χ2n) is 5.10. The second-order valence-corrected chi connectivity index (χ2v) is 5.10. The molecule has 0 bridgehead atoms. The van der Waals surface area contributed by atoms with Crippen LogP contribution in [0.15, 0.2) is 30.6 Å². The Morgan fingerprint density at radius 2 is 1.96 bits per heavy atom. The van der Waals surface area contributed by atoms with E-state index in [2.05, 4.69) is 15.1 Å². The number of nitrogens with two attached hydrogens (primary N) is 1. The van der Waals surface area contributed by atoms with Gasteiger partial charge in [-0.15, -0.1) is 5.10 Å². The molecule has 5 nitrogen and oxygen atoms in total. The molecule has 3 aromatic heterocycles. The number of pyridine rings is 1. The Morgan fingerprint density at radius 1 is 1.22 bits per heavy atom. The minimum atomic E-state index is -3.19. The van der Waals surface area contributed by atoms with Crippen molar-refractivity contribution in [3.05, 3.63) is 42.0 Å². The quantitative estimate of drug-likeness (QED) is 0.752. The van der Waals surface area contributed by atoms with Gasteiger partial charge in [-0.05, 0) is 13.0 Å². The molecule has 0 aliphatic carbocycles. The van der Waals surface area contributed by atoms with Gasteiger partial charge in [-0.1, -0.05) is 6.07 Å². The van der Waals surface area contributed by atoms with Crippen molar-refractivity contribution in [2.45, 2.75) is 19.0 Å². The van der Waals surface area contributed by atoms with E-state index in [0.717, 1.165) is 19.2 Å². The predicted molar refractivity (Wildman–Crippen MR) is 75.1 cm³/mol. The largest absolute Gasteiger partial charge is 0.367 e. The van der Waals surface area contributed by atoms with Gasteiger partial charge in [-0.25, -0.2) is 27.1 Å². The molecule has 120 valence electrons. The summed E-state index contributed by atoms with van der Waals surface area (Å²) in [4.78, 5) is 7.62. The Labute approximate surface area is 127 Å². The topological polar surface area (TPSA) is 69.1 Å². The monoisotopic (exact) mass is 325 g/mol. The van der Waals surface area contributed by atoms with Crippen LogP contribution in [0, 0.1) is 5.82 Å². The maximum atomic E-state index is 13.9. The highest BCUT2D eigenvalue weighted by molar-refractivity contribution is 5.64. The summed E-state index contributed by atoms with van der Waals surface area (Å²) < 4.78 is 54.3. The van der Waals surface area contributed by atoms with Gasteiger partial charge in [-0.3, -0.25) is 4.98 Å². The smallest absolute Gasteiger partial charge is 0.276 e. The Kier molecular flexibility index (Phi) is 3.42. The molecule has 0 saturated carbocycles. The summed E-state index contributed by atoms with van der Waals surface area (Å²) in [5.74, 6) is -0.659. The highest BCUT2D eigenvalue weighted by atomic mass is 19.3. The summed E-state index contributed by atoms with van der Waals surface area (Å²) in [5.41, 5.74) is 2.95. The summed E-state index contributed by atoms with van der Waals surface area (Å²) >= 11 is 0. The highest BCUT2D eigenvalue weighted by Crippen LogP contribution is 2.33. The van der Waals surface area contributed by atoms with Crippen LogP contribution in [-0.4, -0.2) is 26.0 Å². The molecule has 0 fully saturated rings. The molecule has 0 radical (unpaired) electrons. The van der Waals surface area contributed by atoms with Gasteiger partial charge in [0.15, 0.2) is 11.5 Å². The fourth-order valence-corrected chi connectivity index (χ4v) is 2.11. The van der Waals surface area contributed by atoms with Gasteiger partial charge in [0, 0.05) is 17.8 Å². The number of alkyl halides is 3. The van der Waals surface area contributed by atoms with Gasteiger partial charge >= 0.3 is 0 Å². The Balaban J connectivity index is 2.08. The van der Waals surface area contributed by atoms with Gasteiger partial charge < -0.3 is 5.73 Å². The third-order valence-electron chi connectivity index (χ3n) is 3.49. The molecule has 23 heavy (non-hydrogen) atoms. The van der Waals surface area contributed by atoms with E-state index in [1.165, 1.54) is 22.8 Å². The summed E-state index contributed by atoms with van der Waals surface area (Å²) in [6.45, 7) is 0.772. The molecule has 0 spiro atoms. The third-order valence-corrected chi connectivity index (χ3v) is 3.49. The van der Waals surface area contributed by atoms with Crippen LogP contribution >= 0.6 is 0 Å². The number of nitrogens with zero attached hydrogens (tertiary/aromatic N) is 4. The zero-order chi connectivity index (χ0) is 16.8. The van der Waals surface area contributed by atoms with Crippen LogP contribution in [0.5, 0.6) is 0 Å². The number of hydrogen-bond acceptors (Lipinski definition) is 4. The van der Waals surface area contributed by atoms with Crippen molar-refractivity contribution in [1.82, 2.24) is 19.6 Å². The molecule has 3 heterocycles. The number of anilines is 1. The van der Waals surface area contributed by atoms with E-state index < -0.39 is 17.9 Å². The van der Waals surface area contributed by atoms with E-state index in [-0.39, 0.29) is 28.4 Å². The lowest BCUT2D eigenvalue weighted by Gasteiger charge is -2.19. The summed E-state index contributed by atoms with van der Waals surface area (Å²) in [6, 6.07) is 3.65. The van der Waals surface area contributed by atoms with Gasteiger partial charge in [0.25, 0.3) is 6.43 Å². The third kappa shape index (κ3) is 2.47. The lowest BCUT2D eigenvalue weighted by molar-refractivity contribution is -0.0260. The van der Waals surface area contributed by atoms with E-state index in [1.54, 1.807) is 0 Å². The zero-order valence-electron chi connectivity index (χ0n) is 11.8. The molecule has 3 aromatic rings. The highest BCUT2D eigenvalue weighted by Gasteiger charge is 2.37. The molecule has 3 rings (SSSR count). The molecule has 2 N–H and O–H groups in total. The van der Waals surface area contributed by atoms with Gasteiger partial charge in [-0.2, -0.15) is 0 Å². The number of nitrogen functional groups attached to an aromatic ring is 1. The first-order valence-electron chi connectivity index (χ1n) is 6.54. The van der Waals surface area contributed by atoms with Crippen molar-refractivity contribution in [1.29, 1.82) is 0 Å². The molecule has 1 atom stereocenters.